The highest BCUT2D eigenvalue weighted by molar-refractivity contribution is 6.32. The van der Waals surface area contributed by atoms with Crippen LogP contribution in [0, 0.1) is 0 Å². The fraction of sp³-hybridized carbons (Fsp3) is 0.308. The molecule has 0 aliphatic carbocycles. The number of benzene rings is 1. The second kappa shape index (κ2) is 8.86. The zero-order valence-electron chi connectivity index (χ0n) is 11.5. The molecule has 0 atom stereocenters. The van der Waals surface area contributed by atoms with Crippen LogP contribution in [0.4, 0.5) is 8.78 Å². The Balaban J connectivity index is 3.04. The van der Waals surface area contributed by atoms with Gasteiger partial charge >= 0.3 is 5.97 Å². The minimum absolute atomic E-state index is 0.0109. The van der Waals surface area contributed by atoms with Crippen LogP contribution >= 0.6 is 11.6 Å². The zero-order valence-corrected chi connectivity index (χ0v) is 12.3. The molecule has 1 aromatic rings. The van der Waals surface area contributed by atoms with Gasteiger partial charge in [0.1, 0.15) is 12.4 Å². The van der Waals surface area contributed by atoms with Crippen molar-refractivity contribution in [3.8, 4) is 5.75 Å². The molecule has 0 heterocycles. The SMILES string of the molecule is CCOC(=O)C=C(N=[N+]=[N-])c1ccc(OCC(F)F)c(Cl)c1. The molecule has 0 fully saturated rings. The Morgan fingerprint density at radius 2 is 2.27 bits per heavy atom. The average Bonchev–Trinajstić information content (AvgIpc) is 2.45. The number of halogens is 3. The van der Waals surface area contributed by atoms with Gasteiger partial charge in [0.2, 0.25) is 0 Å². The Morgan fingerprint density at radius 3 is 2.82 bits per heavy atom. The topological polar surface area (TPSA) is 84.3 Å². The molecule has 9 heteroatoms. The lowest BCUT2D eigenvalue weighted by atomic mass is 10.1. The van der Waals surface area contributed by atoms with E-state index in [0.29, 0.717) is 5.56 Å². The van der Waals surface area contributed by atoms with E-state index in [4.69, 9.17) is 26.6 Å². The van der Waals surface area contributed by atoms with E-state index in [1.165, 1.54) is 18.2 Å². The van der Waals surface area contributed by atoms with Crippen LogP contribution in [0.2, 0.25) is 5.02 Å². The molecule has 6 nitrogen and oxygen atoms in total. The van der Waals surface area contributed by atoms with Gasteiger partial charge in [0.15, 0.2) is 0 Å². The lowest BCUT2D eigenvalue weighted by Gasteiger charge is -2.09. The molecule has 0 unspecified atom stereocenters. The van der Waals surface area contributed by atoms with Crippen LogP contribution in [0.15, 0.2) is 29.4 Å². The molecule has 0 spiro atoms. The first kappa shape index (κ1) is 17.7. The van der Waals surface area contributed by atoms with E-state index in [0.717, 1.165) is 6.08 Å². The maximum Gasteiger partial charge on any atom is 0.331 e. The first-order valence-corrected chi connectivity index (χ1v) is 6.50. The van der Waals surface area contributed by atoms with E-state index in [-0.39, 0.29) is 23.1 Å². The van der Waals surface area contributed by atoms with Crippen molar-refractivity contribution in [2.75, 3.05) is 13.2 Å². The molecular weight excluding hydrogens is 320 g/mol. The van der Waals surface area contributed by atoms with Gasteiger partial charge < -0.3 is 9.47 Å². The number of nitrogens with zero attached hydrogens (tertiary/aromatic N) is 3. The normalized spacial score (nSPS) is 11.0. The zero-order chi connectivity index (χ0) is 16.5. The van der Waals surface area contributed by atoms with Crippen LogP contribution in [-0.2, 0) is 9.53 Å². The molecule has 0 aromatic heterocycles. The first-order chi connectivity index (χ1) is 10.5. The molecule has 0 aliphatic heterocycles. The van der Waals surface area contributed by atoms with E-state index in [2.05, 4.69) is 10.0 Å². The number of alkyl halides is 2. The molecule has 118 valence electrons. The number of ether oxygens (including phenoxy) is 2. The maximum atomic E-state index is 12.1. The van der Waals surface area contributed by atoms with Gasteiger partial charge in [-0.2, -0.15) is 0 Å². The molecular formula is C13H12ClF2N3O3. The Kier molecular flexibility index (Phi) is 7.15. The molecule has 0 saturated heterocycles. The predicted octanol–water partition coefficient (Wildman–Crippen LogP) is 4.20. The van der Waals surface area contributed by atoms with Crippen molar-refractivity contribution in [1.29, 1.82) is 0 Å². The molecule has 0 saturated carbocycles. The third-order valence-electron chi connectivity index (χ3n) is 2.29. The quantitative estimate of drug-likeness (QED) is 0.247. The number of hydrogen-bond donors (Lipinski definition) is 0. The summed E-state index contributed by atoms with van der Waals surface area (Å²) in [6, 6.07) is 4.10. The van der Waals surface area contributed by atoms with Gasteiger partial charge in [0, 0.05) is 11.0 Å². The van der Waals surface area contributed by atoms with E-state index in [1.807, 2.05) is 0 Å². The third kappa shape index (κ3) is 5.59. The highest BCUT2D eigenvalue weighted by Gasteiger charge is 2.10. The number of hydrogen-bond acceptors (Lipinski definition) is 4. The Labute approximate surface area is 129 Å². The van der Waals surface area contributed by atoms with Crippen molar-refractivity contribution >= 4 is 23.3 Å². The number of esters is 1. The van der Waals surface area contributed by atoms with Gasteiger partial charge in [-0.3, -0.25) is 0 Å². The highest BCUT2D eigenvalue weighted by atomic mass is 35.5. The standard InChI is InChI=1S/C13H12ClF2N3O3/c1-2-21-13(20)6-10(18-19-17)8-3-4-11(9(14)5-8)22-7-12(15)16/h3-6,12H,2,7H2,1H3. The van der Waals surface area contributed by atoms with Crippen molar-refractivity contribution < 1.29 is 23.0 Å². The molecule has 0 bridgehead atoms. The van der Waals surface area contributed by atoms with Crippen molar-refractivity contribution in [3.63, 3.8) is 0 Å². The monoisotopic (exact) mass is 331 g/mol. The van der Waals surface area contributed by atoms with E-state index in [1.54, 1.807) is 6.92 Å². The van der Waals surface area contributed by atoms with Crippen molar-refractivity contribution in [2.24, 2.45) is 5.11 Å². The molecule has 1 rings (SSSR count). The maximum absolute atomic E-state index is 12.1. The van der Waals surface area contributed by atoms with Gasteiger partial charge in [0.05, 0.1) is 17.3 Å². The van der Waals surface area contributed by atoms with Gasteiger partial charge in [-0.05, 0) is 30.2 Å². The van der Waals surface area contributed by atoms with Crippen LogP contribution in [0.3, 0.4) is 0 Å². The summed E-state index contributed by atoms with van der Waals surface area (Å²) in [4.78, 5) is 14.0. The third-order valence-corrected chi connectivity index (χ3v) is 2.58. The lowest BCUT2D eigenvalue weighted by molar-refractivity contribution is -0.137. The molecule has 22 heavy (non-hydrogen) atoms. The lowest BCUT2D eigenvalue weighted by Crippen LogP contribution is -2.07. The van der Waals surface area contributed by atoms with Crippen LogP contribution in [-0.4, -0.2) is 25.6 Å². The van der Waals surface area contributed by atoms with Crippen LogP contribution in [0.1, 0.15) is 12.5 Å². The minimum atomic E-state index is -2.63. The second-order valence-corrected chi connectivity index (χ2v) is 4.23. The number of carbonyl (C=O) groups is 1. The minimum Gasteiger partial charge on any atom is -0.486 e. The van der Waals surface area contributed by atoms with Gasteiger partial charge in [-0.1, -0.05) is 22.8 Å². The van der Waals surface area contributed by atoms with Crippen LogP contribution in [0.5, 0.6) is 5.75 Å². The summed E-state index contributed by atoms with van der Waals surface area (Å²) in [7, 11) is 0. The van der Waals surface area contributed by atoms with Crippen LogP contribution < -0.4 is 4.74 Å². The van der Waals surface area contributed by atoms with Gasteiger partial charge in [0.25, 0.3) is 6.43 Å². The largest absolute Gasteiger partial charge is 0.486 e. The Morgan fingerprint density at radius 1 is 1.55 bits per heavy atom. The summed E-state index contributed by atoms with van der Waals surface area (Å²) < 4.78 is 33.7. The summed E-state index contributed by atoms with van der Waals surface area (Å²) in [6.45, 7) is 1.01. The fourth-order valence-electron chi connectivity index (χ4n) is 1.44. The first-order valence-electron chi connectivity index (χ1n) is 6.12. The molecule has 0 N–H and O–H groups in total. The number of azide groups is 1. The Hall–Kier alpha value is -2.31. The van der Waals surface area contributed by atoms with Crippen molar-refractivity contribution in [2.45, 2.75) is 13.3 Å². The summed E-state index contributed by atoms with van der Waals surface area (Å²) >= 11 is 5.91. The van der Waals surface area contributed by atoms with E-state index >= 15 is 0 Å². The molecule has 1 aromatic carbocycles. The Bertz CT molecular complexity index is 617. The summed E-state index contributed by atoms with van der Waals surface area (Å²) in [5, 5.41) is 3.43. The number of rotatable bonds is 7. The van der Waals surface area contributed by atoms with Crippen molar-refractivity contribution in [1.82, 2.24) is 0 Å². The van der Waals surface area contributed by atoms with Gasteiger partial charge in [-0.25, -0.2) is 13.6 Å². The average molecular weight is 332 g/mol. The summed E-state index contributed by atoms with van der Waals surface area (Å²) in [5.41, 5.74) is 8.84. The van der Waals surface area contributed by atoms with E-state index in [9.17, 15) is 13.6 Å². The van der Waals surface area contributed by atoms with Crippen LogP contribution in [0.25, 0.3) is 16.1 Å². The molecule has 0 aliphatic rings. The summed E-state index contributed by atoms with van der Waals surface area (Å²) in [5.74, 6) is -0.624. The summed E-state index contributed by atoms with van der Waals surface area (Å²) in [6.07, 6.45) is -1.62. The van der Waals surface area contributed by atoms with Crippen molar-refractivity contribution in [3.05, 3.63) is 45.3 Å². The fourth-order valence-corrected chi connectivity index (χ4v) is 1.68. The number of carbonyl (C=O) groups excluding carboxylic acids is 1. The molecule has 0 amide bonds. The predicted molar refractivity (Wildman–Crippen MR) is 76.7 cm³/mol. The molecule has 0 radical (unpaired) electrons. The smallest absolute Gasteiger partial charge is 0.331 e. The second-order valence-electron chi connectivity index (χ2n) is 3.82. The highest BCUT2D eigenvalue weighted by Crippen LogP contribution is 2.29. The van der Waals surface area contributed by atoms with E-state index < -0.39 is 19.0 Å². The van der Waals surface area contributed by atoms with Gasteiger partial charge in [-0.15, -0.1) is 0 Å².